The molecule has 3 aromatic rings. The van der Waals surface area contributed by atoms with Crippen LogP contribution in [0.25, 0.3) is 26.7 Å². The van der Waals surface area contributed by atoms with Crippen molar-refractivity contribution in [2.75, 3.05) is 6.54 Å². The molecular weight excluding hydrogens is 302 g/mol. The van der Waals surface area contributed by atoms with Crippen molar-refractivity contribution in [3.63, 3.8) is 0 Å². The third-order valence-electron chi connectivity index (χ3n) is 3.32. The van der Waals surface area contributed by atoms with Gasteiger partial charge in [0.05, 0.1) is 24.0 Å². The van der Waals surface area contributed by atoms with Crippen molar-refractivity contribution >= 4 is 16.3 Å². The van der Waals surface area contributed by atoms with E-state index in [-0.39, 0.29) is 6.54 Å². The van der Waals surface area contributed by atoms with E-state index in [4.69, 9.17) is 5.53 Å². The molecule has 2 aromatic heterocycles. The van der Waals surface area contributed by atoms with Crippen LogP contribution in [-0.2, 0) is 0 Å². The lowest BCUT2D eigenvalue weighted by atomic mass is 10.0. The average molecular weight is 315 g/mol. The van der Waals surface area contributed by atoms with Crippen LogP contribution in [0.15, 0.2) is 47.0 Å². The first-order valence-electron chi connectivity index (χ1n) is 6.60. The van der Waals surface area contributed by atoms with Crippen molar-refractivity contribution in [1.82, 2.24) is 9.38 Å². The van der Waals surface area contributed by atoms with Gasteiger partial charge in [-0.3, -0.25) is 4.40 Å². The molecule has 0 aliphatic rings. The molecule has 0 aliphatic carbocycles. The van der Waals surface area contributed by atoms with Crippen molar-refractivity contribution in [1.29, 1.82) is 0 Å². The first kappa shape index (κ1) is 14.6. The van der Waals surface area contributed by atoms with Gasteiger partial charge in [0.2, 0.25) is 0 Å². The number of aliphatic hydroxyl groups excluding tert-OH is 2. The minimum atomic E-state index is -1.20. The molecule has 112 valence electrons. The number of aromatic nitrogens is 2. The minimum absolute atomic E-state index is 0.205. The predicted molar refractivity (Wildman–Crippen MR) is 83.5 cm³/mol. The van der Waals surface area contributed by atoms with Gasteiger partial charge in [-0.15, -0.1) is 11.3 Å². The lowest BCUT2D eigenvalue weighted by molar-refractivity contribution is 0.0217. The predicted octanol–water partition coefficient (Wildman–Crippen LogP) is 2.77. The number of fused-ring (bicyclic) bond motifs is 1. The van der Waals surface area contributed by atoms with E-state index in [2.05, 4.69) is 15.0 Å². The number of benzene rings is 1. The second-order valence-electron chi connectivity index (χ2n) is 4.69. The van der Waals surface area contributed by atoms with E-state index in [1.165, 1.54) is 11.3 Å². The largest absolute Gasteiger partial charge is 0.390 e. The van der Waals surface area contributed by atoms with E-state index in [1.54, 1.807) is 10.6 Å². The van der Waals surface area contributed by atoms with Gasteiger partial charge in [-0.05, 0) is 5.53 Å². The van der Waals surface area contributed by atoms with Gasteiger partial charge in [0.25, 0.3) is 0 Å². The van der Waals surface area contributed by atoms with Crippen molar-refractivity contribution in [2.24, 2.45) is 5.11 Å². The van der Waals surface area contributed by atoms with Crippen molar-refractivity contribution in [3.8, 4) is 11.3 Å². The minimum Gasteiger partial charge on any atom is -0.390 e. The molecule has 1 aromatic carbocycles. The standard InChI is InChI=1S/C14H13N5O2S/c15-18-16-8-10(20)13(21)12-11(9-4-2-1-3-5-9)17-14-19(12)6-7-22-14/h1-7,10,13,20-21H,8H2. The first-order chi connectivity index (χ1) is 10.7. The quantitative estimate of drug-likeness (QED) is 0.429. The summed E-state index contributed by atoms with van der Waals surface area (Å²) in [5.41, 5.74) is 10.3. The SMILES string of the molecule is [N-]=[N+]=NCC(O)C(O)c1c(-c2ccccc2)nc2sccn12. The van der Waals surface area contributed by atoms with Gasteiger partial charge in [0.15, 0.2) is 4.96 Å². The Hall–Kier alpha value is -2.38. The zero-order chi connectivity index (χ0) is 15.5. The van der Waals surface area contributed by atoms with Crippen LogP contribution in [0.1, 0.15) is 11.8 Å². The number of hydrogen-bond donors (Lipinski definition) is 2. The molecule has 7 nitrogen and oxygen atoms in total. The molecule has 2 unspecified atom stereocenters. The van der Waals surface area contributed by atoms with Crippen LogP contribution in [0.2, 0.25) is 0 Å². The fourth-order valence-electron chi connectivity index (χ4n) is 2.30. The summed E-state index contributed by atoms with van der Waals surface area (Å²) in [5, 5.41) is 25.7. The number of thiazole rings is 1. The normalized spacial score (nSPS) is 13.7. The Labute approximate surface area is 129 Å². The van der Waals surface area contributed by atoms with Crippen LogP contribution < -0.4 is 0 Å². The van der Waals surface area contributed by atoms with E-state index >= 15 is 0 Å². The molecule has 0 saturated carbocycles. The molecule has 3 rings (SSSR count). The summed E-state index contributed by atoms with van der Waals surface area (Å²) in [6.45, 7) is -0.205. The zero-order valence-corrected chi connectivity index (χ0v) is 12.3. The highest BCUT2D eigenvalue weighted by molar-refractivity contribution is 7.15. The lowest BCUT2D eigenvalue weighted by Crippen LogP contribution is -2.22. The maximum absolute atomic E-state index is 10.5. The summed E-state index contributed by atoms with van der Waals surface area (Å²) < 4.78 is 1.75. The van der Waals surface area contributed by atoms with Crippen LogP contribution >= 0.6 is 11.3 Å². The maximum atomic E-state index is 10.5. The first-order valence-corrected chi connectivity index (χ1v) is 7.48. The number of nitrogens with zero attached hydrogens (tertiary/aromatic N) is 5. The Bertz CT molecular complexity index is 822. The van der Waals surface area contributed by atoms with Gasteiger partial charge < -0.3 is 10.2 Å². The number of imidazole rings is 1. The molecule has 2 heterocycles. The van der Waals surface area contributed by atoms with Crippen LogP contribution in [0.4, 0.5) is 0 Å². The Morgan fingerprint density at radius 3 is 2.82 bits per heavy atom. The fraction of sp³-hybridized carbons (Fsp3) is 0.214. The molecule has 22 heavy (non-hydrogen) atoms. The third-order valence-corrected chi connectivity index (χ3v) is 4.08. The topological polar surface area (TPSA) is 107 Å². The molecule has 0 fully saturated rings. The highest BCUT2D eigenvalue weighted by atomic mass is 32.1. The second-order valence-corrected chi connectivity index (χ2v) is 5.57. The Balaban J connectivity index is 2.10. The van der Waals surface area contributed by atoms with Gasteiger partial charge in [-0.25, -0.2) is 4.98 Å². The molecule has 0 amide bonds. The van der Waals surface area contributed by atoms with E-state index in [1.807, 2.05) is 35.7 Å². The molecule has 0 saturated heterocycles. The van der Waals surface area contributed by atoms with Gasteiger partial charge in [-0.2, -0.15) is 0 Å². The lowest BCUT2D eigenvalue weighted by Gasteiger charge is -2.17. The molecule has 0 radical (unpaired) electrons. The summed E-state index contributed by atoms with van der Waals surface area (Å²) in [6, 6.07) is 9.45. The molecule has 2 atom stereocenters. The summed E-state index contributed by atoms with van der Waals surface area (Å²) in [6.07, 6.45) is -0.610. The van der Waals surface area contributed by atoms with Crippen molar-refractivity contribution < 1.29 is 10.2 Å². The number of rotatable bonds is 5. The second kappa shape index (κ2) is 6.17. The molecule has 0 aliphatic heterocycles. The highest BCUT2D eigenvalue weighted by Crippen LogP contribution is 2.32. The fourth-order valence-corrected chi connectivity index (χ4v) is 3.02. The van der Waals surface area contributed by atoms with Gasteiger partial charge in [0.1, 0.15) is 6.10 Å². The van der Waals surface area contributed by atoms with Gasteiger partial charge in [-0.1, -0.05) is 35.4 Å². The van der Waals surface area contributed by atoms with E-state index in [9.17, 15) is 10.2 Å². The average Bonchev–Trinajstić information content (AvgIpc) is 3.13. The number of aliphatic hydroxyl groups is 2. The van der Waals surface area contributed by atoms with Crippen LogP contribution in [0.5, 0.6) is 0 Å². The summed E-state index contributed by atoms with van der Waals surface area (Å²) in [7, 11) is 0. The van der Waals surface area contributed by atoms with Gasteiger partial charge in [0, 0.05) is 22.1 Å². The summed E-state index contributed by atoms with van der Waals surface area (Å²) in [4.78, 5) is 7.87. The third kappa shape index (κ3) is 2.56. The maximum Gasteiger partial charge on any atom is 0.194 e. The van der Waals surface area contributed by atoms with Crippen LogP contribution in [0.3, 0.4) is 0 Å². The Morgan fingerprint density at radius 1 is 1.32 bits per heavy atom. The molecule has 0 bridgehead atoms. The summed E-state index contributed by atoms with van der Waals surface area (Å²) in [5.74, 6) is 0. The Kier molecular flexibility index (Phi) is 4.08. The van der Waals surface area contributed by atoms with E-state index < -0.39 is 12.2 Å². The van der Waals surface area contributed by atoms with Crippen LogP contribution in [-0.4, -0.2) is 32.2 Å². The van der Waals surface area contributed by atoms with E-state index in [0.717, 1.165) is 10.5 Å². The zero-order valence-electron chi connectivity index (χ0n) is 11.4. The molecule has 2 N–H and O–H groups in total. The van der Waals surface area contributed by atoms with Crippen LogP contribution in [0, 0.1) is 0 Å². The van der Waals surface area contributed by atoms with Crippen molar-refractivity contribution in [2.45, 2.75) is 12.2 Å². The van der Waals surface area contributed by atoms with Gasteiger partial charge >= 0.3 is 0 Å². The molecular formula is C14H13N5O2S. The number of hydrogen-bond acceptors (Lipinski definition) is 5. The molecule has 0 spiro atoms. The summed E-state index contributed by atoms with van der Waals surface area (Å²) >= 11 is 1.44. The van der Waals surface area contributed by atoms with E-state index in [0.29, 0.717) is 11.4 Å². The monoisotopic (exact) mass is 315 g/mol. The van der Waals surface area contributed by atoms with Crippen molar-refractivity contribution in [3.05, 3.63) is 58.0 Å². The Morgan fingerprint density at radius 2 is 2.09 bits per heavy atom. The highest BCUT2D eigenvalue weighted by Gasteiger charge is 2.26. The smallest absolute Gasteiger partial charge is 0.194 e. The molecule has 8 heteroatoms. The number of azide groups is 1.